The molecule has 0 saturated carbocycles. The van der Waals surface area contributed by atoms with Crippen LogP contribution in [-0.4, -0.2) is 41.3 Å². The first-order chi connectivity index (χ1) is 14.8. The number of nitrogens with one attached hydrogen (secondary N) is 1. The van der Waals surface area contributed by atoms with Crippen LogP contribution in [0.1, 0.15) is 33.8 Å². The minimum absolute atomic E-state index is 0.0299. The molecule has 8 nitrogen and oxygen atoms in total. The summed E-state index contributed by atoms with van der Waals surface area (Å²) in [7, 11) is 1.32. The number of fused-ring (bicyclic) bond motifs is 2. The Hall–Kier alpha value is -3.75. The molecule has 1 aromatic carbocycles. The summed E-state index contributed by atoms with van der Waals surface area (Å²) in [5, 5.41) is 3.04. The van der Waals surface area contributed by atoms with E-state index in [0.29, 0.717) is 16.8 Å². The number of rotatable bonds is 4. The van der Waals surface area contributed by atoms with Gasteiger partial charge in [0.1, 0.15) is 16.8 Å². The number of carbonyl (C=O) groups excluding carboxylic acids is 3. The van der Waals surface area contributed by atoms with Crippen LogP contribution in [0.3, 0.4) is 0 Å². The molecule has 9 heteroatoms. The number of hydrogen-bond donors (Lipinski definition) is 1. The Morgan fingerprint density at radius 2 is 2.10 bits per heavy atom. The van der Waals surface area contributed by atoms with E-state index in [1.807, 2.05) is 6.92 Å². The van der Waals surface area contributed by atoms with E-state index in [4.69, 9.17) is 9.15 Å². The van der Waals surface area contributed by atoms with Crippen molar-refractivity contribution >= 4 is 28.7 Å². The van der Waals surface area contributed by atoms with Crippen molar-refractivity contribution in [3.05, 3.63) is 58.9 Å². The topological polar surface area (TPSA) is 102 Å². The van der Waals surface area contributed by atoms with Gasteiger partial charge in [0.05, 0.1) is 19.1 Å². The number of benzene rings is 1. The maximum atomic E-state index is 14.7. The number of aryl methyl sites for hydroxylation is 1. The summed E-state index contributed by atoms with van der Waals surface area (Å²) >= 11 is 0. The molecule has 158 valence electrons. The zero-order valence-corrected chi connectivity index (χ0v) is 16.8. The maximum absolute atomic E-state index is 14.7. The predicted octanol–water partition coefficient (Wildman–Crippen LogP) is 2.22. The summed E-state index contributed by atoms with van der Waals surface area (Å²) in [5.74, 6) is -2.08. The average molecular weight is 423 g/mol. The highest BCUT2D eigenvalue weighted by atomic mass is 19.1. The number of ether oxygens (including phenoxy) is 1. The number of carbonyl (C=O) groups is 3. The highest BCUT2D eigenvalue weighted by Crippen LogP contribution is 2.40. The molecule has 1 saturated heterocycles. The molecular formula is C22H18FN3O5. The molecule has 1 atom stereocenters. The number of nitrogens with zero attached hydrogens (tertiary/aromatic N) is 2. The van der Waals surface area contributed by atoms with Gasteiger partial charge in [-0.2, -0.15) is 0 Å². The van der Waals surface area contributed by atoms with Crippen LogP contribution in [0.5, 0.6) is 5.75 Å². The Kier molecular flexibility index (Phi) is 4.11. The van der Waals surface area contributed by atoms with Gasteiger partial charge in [-0.15, -0.1) is 0 Å². The van der Waals surface area contributed by atoms with Gasteiger partial charge < -0.3 is 14.1 Å². The van der Waals surface area contributed by atoms with Gasteiger partial charge in [-0.25, -0.2) is 4.39 Å². The van der Waals surface area contributed by atoms with E-state index in [-0.39, 0.29) is 36.6 Å². The molecule has 2 aliphatic rings. The van der Waals surface area contributed by atoms with E-state index in [2.05, 4.69) is 10.3 Å². The number of aromatic nitrogens is 1. The van der Waals surface area contributed by atoms with Crippen LogP contribution in [0.4, 0.5) is 4.39 Å². The monoisotopic (exact) mass is 423 g/mol. The van der Waals surface area contributed by atoms with Crippen LogP contribution >= 0.6 is 0 Å². The first kappa shape index (κ1) is 19.2. The number of furan rings is 1. The number of hydrogen-bond acceptors (Lipinski definition) is 6. The lowest BCUT2D eigenvalue weighted by atomic mass is 9.82. The van der Waals surface area contributed by atoms with Crippen molar-refractivity contribution in [3.63, 3.8) is 0 Å². The lowest BCUT2D eigenvalue weighted by Gasteiger charge is -2.28. The molecule has 2 aromatic heterocycles. The second-order valence-electron chi connectivity index (χ2n) is 7.83. The molecule has 1 N–H and O–H groups in total. The summed E-state index contributed by atoms with van der Waals surface area (Å²) in [4.78, 5) is 43.8. The molecule has 3 amide bonds. The van der Waals surface area contributed by atoms with Crippen molar-refractivity contribution < 1.29 is 27.9 Å². The summed E-state index contributed by atoms with van der Waals surface area (Å²) in [6, 6.07) is 6.44. The minimum Gasteiger partial charge on any atom is -0.494 e. The van der Waals surface area contributed by atoms with Gasteiger partial charge in [-0.05, 0) is 30.7 Å². The molecule has 1 fully saturated rings. The quantitative estimate of drug-likeness (QED) is 0.646. The van der Waals surface area contributed by atoms with E-state index in [1.54, 1.807) is 24.4 Å². The molecule has 4 heterocycles. The molecule has 0 bridgehead atoms. The van der Waals surface area contributed by atoms with Gasteiger partial charge in [0.25, 0.3) is 5.91 Å². The third-order valence-electron chi connectivity index (χ3n) is 6.00. The Morgan fingerprint density at radius 1 is 1.29 bits per heavy atom. The van der Waals surface area contributed by atoms with Crippen LogP contribution in [-0.2, 0) is 21.5 Å². The smallest absolute Gasteiger partial charge is 0.257 e. The average Bonchev–Trinajstić information content (AvgIpc) is 3.38. The van der Waals surface area contributed by atoms with Gasteiger partial charge in [-0.3, -0.25) is 24.7 Å². The molecule has 0 spiro atoms. The van der Waals surface area contributed by atoms with Gasteiger partial charge >= 0.3 is 0 Å². The molecular weight excluding hydrogens is 405 g/mol. The van der Waals surface area contributed by atoms with Crippen molar-refractivity contribution in [1.82, 2.24) is 15.2 Å². The van der Waals surface area contributed by atoms with Crippen molar-refractivity contribution in [2.24, 2.45) is 0 Å². The summed E-state index contributed by atoms with van der Waals surface area (Å²) < 4.78 is 25.7. The summed E-state index contributed by atoms with van der Waals surface area (Å²) in [6.07, 6.45) is 1.42. The van der Waals surface area contributed by atoms with E-state index >= 15 is 0 Å². The van der Waals surface area contributed by atoms with Crippen molar-refractivity contribution in [3.8, 4) is 5.75 Å². The number of methoxy groups -OCH3 is 1. The van der Waals surface area contributed by atoms with E-state index in [0.717, 1.165) is 5.39 Å². The highest BCUT2D eigenvalue weighted by molar-refractivity contribution is 6.10. The number of imide groups is 1. The van der Waals surface area contributed by atoms with E-state index < -0.39 is 29.0 Å². The molecule has 2 aliphatic heterocycles. The summed E-state index contributed by atoms with van der Waals surface area (Å²) in [5.41, 5.74) is 0.240. The van der Waals surface area contributed by atoms with Crippen molar-refractivity contribution in [2.45, 2.75) is 25.3 Å². The molecule has 31 heavy (non-hydrogen) atoms. The third-order valence-corrected chi connectivity index (χ3v) is 6.00. The normalized spacial score (nSPS) is 20.5. The fourth-order valence-corrected chi connectivity index (χ4v) is 4.39. The predicted molar refractivity (Wildman–Crippen MR) is 106 cm³/mol. The van der Waals surface area contributed by atoms with Crippen LogP contribution < -0.4 is 10.1 Å². The maximum Gasteiger partial charge on any atom is 0.257 e. The van der Waals surface area contributed by atoms with Crippen LogP contribution in [0.2, 0.25) is 0 Å². The number of pyridine rings is 1. The van der Waals surface area contributed by atoms with Crippen LogP contribution in [0.25, 0.3) is 11.0 Å². The fourth-order valence-electron chi connectivity index (χ4n) is 4.39. The molecule has 3 aromatic rings. The van der Waals surface area contributed by atoms with Gasteiger partial charge in [-0.1, -0.05) is 6.07 Å². The van der Waals surface area contributed by atoms with Crippen LogP contribution in [0.15, 0.2) is 34.9 Å². The molecule has 5 rings (SSSR count). The first-order valence-corrected chi connectivity index (χ1v) is 9.68. The Labute approximate surface area is 176 Å². The first-order valence-electron chi connectivity index (χ1n) is 9.68. The lowest BCUT2D eigenvalue weighted by molar-refractivity contribution is -0.126. The molecule has 0 radical (unpaired) electrons. The van der Waals surface area contributed by atoms with Gasteiger partial charge in [0, 0.05) is 30.4 Å². The molecule has 0 aliphatic carbocycles. The zero-order valence-electron chi connectivity index (χ0n) is 16.8. The lowest BCUT2D eigenvalue weighted by Crippen LogP contribution is -2.46. The number of halogens is 1. The third kappa shape index (κ3) is 2.73. The van der Waals surface area contributed by atoms with Gasteiger partial charge in [0.2, 0.25) is 11.8 Å². The Bertz CT molecular complexity index is 1280. The van der Waals surface area contributed by atoms with Gasteiger partial charge in [0.15, 0.2) is 11.6 Å². The second kappa shape index (κ2) is 6.63. The zero-order chi connectivity index (χ0) is 21.9. The number of amides is 3. The van der Waals surface area contributed by atoms with Crippen molar-refractivity contribution in [2.75, 3.05) is 13.7 Å². The second-order valence-corrected chi connectivity index (χ2v) is 7.83. The SMILES string of the molecule is COc1ccc2c(c1F)C(=O)N(C[C@@]1(c3cc4c(C)nccc4o3)CC(=O)NC1=O)C2. The fraction of sp³-hybridized carbons (Fsp3) is 0.273. The Morgan fingerprint density at radius 3 is 2.77 bits per heavy atom. The molecule has 0 unspecified atom stereocenters. The van der Waals surface area contributed by atoms with E-state index in [9.17, 15) is 18.8 Å². The standard InChI is InChI=1S/C22H18FN3O5/c1-11-13-7-16(31-14(13)5-6-24-11)22(8-17(27)25-21(22)29)10-26-9-12-3-4-15(30-2)19(23)18(12)20(26)28/h3-7H,8-10H2,1-2H3,(H,25,27,29)/t22-/m1/s1. The van der Waals surface area contributed by atoms with Crippen LogP contribution in [0, 0.1) is 12.7 Å². The van der Waals surface area contributed by atoms with Crippen molar-refractivity contribution in [1.29, 1.82) is 0 Å². The Balaban J connectivity index is 1.57. The summed E-state index contributed by atoms with van der Waals surface area (Å²) in [6.45, 7) is 1.79. The highest BCUT2D eigenvalue weighted by Gasteiger charge is 2.53. The minimum atomic E-state index is -1.42. The van der Waals surface area contributed by atoms with E-state index in [1.165, 1.54) is 18.1 Å². The largest absolute Gasteiger partial charge is 0.494 e.